The van der Waals surface area contributed by atoms with E-state index in [9.17, 15) is 29.7 Å². The minimum atomic E-state index is -1.18. The summed E-state index contributed by atoms with van der Waals surface area (Å²) in [6.07, 6.45) is 14.4. The highest BCUT2D eigenvalue weighted by Gasteiger charge is 2.63. The Bertz CT molecular complexity index is 1260. The number of β-amino-alcohol motifs (C(OH)–C–C–N with tert-alkyl or cyclic N) is 1. The van der Waals surface area contributed by atoms with Crippen molar-refractivity contribution < 1.29 is 34.5 Å². The average molecular weight is 598 g/mol. The number of carbonyl (C=O) groups excluding carboxylic acids is 2. The summed E-state index contributed by atoms with van der Waals surface area (Å²) in [7, 11) is 0. The van der Waals surface area contributed by atoms with Gasteiger partial charge < -0.3 is 30.4 Å². The number of oxime groups is 1. The Balaban J connectivity index is 1.19. The van der Waals surface area contributed by atoms with E-state index in [1.165, 1.54) is 5.57 Å². The largest absolute Gasteiger partial charge is 0.480 e. The lowest BCUT2D eigenvalue weighted by atomic mass is 9.46. The molecule has 1 saturated heterocycles. The summed E-state index contributed by atoms with van der Waals surface area (Å²) < 4.78 is 0. The number of nitrogens with zero attached hydrogens (tertiary/aromatic N) is 2. The van der Waals surface area contributed by atoms with Crippen LogP contribution in [0.1, 0.15) is 85.5 Å². The standard InChI is InChI=1S/C33H47N3O7/c1-6-33(42)14-11-25-23-8-7-20-15-21(9-12-31(20,4)24(23)10-13-32(25,33)5)35-43-18-27(38)34-28(19(2)3)29(39)36-17-22(37)16-26(36)30(40)41/h1,15,19,22-26,28,37,42H,7-14,16-18H2,2-5H3,(H,34,38)(H,40,41)/t22-,23-,24-,25-,26-,28+,31+,32+,33-/m1/s1. The molecule has 5 rings (SSSR count). The van der Waals surface area contributed by atoms with E-state index in [2.05, 4.69) is 36.3 Å². The minimum Gasteiger partial charge on any atom is -0.480 e. The first-order chi connectivity index (χ1) is 20.2. The van der Waals surface area contributed by atoms with E-state index in [0.29, 0.717) is 24.2 Å². The van der Waals surface area contributed by atoms with Crippen LogP contribution >= 0.6 is 0 Å². The molecule has 5 aliphatic rings. The maximum atomic E-state index is 13.1. The number of fused-ring (bicyclic) bond motifs is 5. The molecule has 0 unspecified atom stereocenters. The van der Waals surface area contributed by atoms with Crippen LogP contribution in [0.15, 0.2) is 16.8 Å². The topological polar surface area (TPSA) is 149 Å². The molecule has 0 spiro atoms. The number of likely N-dealkylation sites (tertiary alicyclic amines) is 1. The third kappa shape index (κ3) is 5.37. The third-order valence-electron chi connectivity index (χ3n) is 11.8. The van der Waals surface area contributed by atoms with Gasteiger partial charge in [-0.15, -0.1) is 6.42 Å². The summed E-state index contributed by atoms with van der Waals surface area (Å²) in [5.41, 5.74) is 1.03. The second-order valence-corrected chi connectivity index (χ2v) is 14.4. The van der Waals surface area contributed by atoms with Gasteiger partial charge in [-0.2, -0.15) is 0 Å². The van der Waals surface area contributed by atoms with Crippen LogP contribution in [0.3, 0.4) is 0 Å². The van der Waals surface area contributed by atoms with E-state index in [1.807, 2.05) is 0 Å². The summed E-state index contributed by atoms with van der Waals surface area (Å²) in [5.74, 6) is 1.75. The third-order valence-corrected chi connectivity index (χ3v) is 11.8. The predicted octanol–water partition coefficient (Wildman–Crippen LogP) is 2.87. The minimum absolute atomic E-state index is 0.0362. The summed E-state index contributed by atoms with van der Waals surface area (Å²) in [6, 6.07) is -2.07. The molecule has 0 aromatic rings. The fourth-order valence-corrected chi connectivity index (χ4v) is 9.27. The highest BCUT2D eigenvalue weighted by Crippen LogP contribution is 2.67. The molecule has 3 saturated carbocycles. The molecule has 4 aliphatic carbocycles. The van der Waals surface area contributed by atoms with Crippen LogP contribution in [0.5, 0.6) is 0 Å². The molecule has 0 radical (unpaired) electrons. The van der Waals surface area contributed by atoms with Crippen molar-refractivity contribution in [2.24, 2.45) is 39.7 Å². The SMILES string of the molecule is C#C[C@@]1(O)CC[C@@H]2[C@@H]3CCC4=CC(=NOCC(=O)N[C@H](C(=O)N5C[C@H](O)C[C@@H]5C(=O)O)C(C)C)CC[C@]4(C)[C@@H]3CC[C@@]21C. The number of terminal acetylenes is 1. The predicted molar refractivity (Wildman–Crippen MR) is 159 cm³/mol. The molecule has 0 aromatic carbocycles. The Morgan fingerprint density at radius 3 is 2.56 bits per heavy atom. The Morgan fingerprint density at radius 2 is 1.88 bits per heavy atom. The van der Waals surface area contributed by atoms with Gasteiger partial charge in [-0.05, 0) is 86.5 Å². The number of amides is 2. The maximum Gasteiger partial charge on any atom is 0.326 e. The van der Waals surface area contributed by atoms with Crippen LogP contribution in [0.25, 0.3) is 0 Å². The molecule has 1 heterocycles. The highest BCUT2D eigenvalue weighted by atomic mass is 16.6. The van der Waals surface area contributed by atoms with Crippen LogP contribution in [0, 0.1) is 46.8 Å². The van der Waals surface area contributed by atoms with E-state index in [4.69, 9.17) is 11.3 Å². The van der Waals surface area contributed by atoms with E-state index >= 15 is 0 Å². The van der Waals surface area contributed by atoms with E-state index in [0.717, 1.165) is 55.6 Å². The zero-order chi connectivity index (χ0) is 31.3. The summed E-state index contributed by atoms with van der Waals surface area (Å²) in [5, 5.41) is 37.6. The first-order valence-corrected chi connectivity index (χ1v) is 15.8. The number of carboxylic acids is 1. The van der Waals surface area contributed by atoms with Crippen LogP contribution < -0.4 is 5.32 Å². The Hall–Kier alpha value is -2.90. The van der Waals surface area contributed by atoms with Crippen LogP contribution in [-0.2, 0) is 19.2 Å². The molecule has 10 heteroatoms. The van der Waals surface area contributed by atoms with Gasteiger partial charge in [-0.25, -0.2) is 4.79 Å². The molecule has 0 aromatic heterocycles. The Labute approximate surface area is 254 Å². The van der Waals surface area contributed by atoms with Crippen molar-refractivity contribution >= 4 is 23.5 Å². The van der Waals surface area contributed by atoms with Crippen molar-refractivity contribution in [3.63, 3.8) is 0 Å². The number of aliphatic carboxylic acids is 1. The quantitative estimate of drug-likeness (QED) is 0.261. The fraction of sp³-hybridized carbons (Fsp3) is 0.758. The van der Waals surface area contributed by atoms with Crippen molar-refractivity contribution in [3.05, 3.63) is 11.6 Å². The molecule has 4 fully saturated rings. The van der Waals surface area contributed by atoms with Gasteiger partial charge in [0.1, 0.15) is 17.7 Å². The summed E-state index contributed by atoms with van der Waals surface area (Å²) >= 11 is 0. The van der Waals surface area contributed by atoms with Gasteiger partial charge in [-0.3, -0.25) is 9.59 Å². The lowest BCUT2D eigenvalue weighted by Gasteiger charge is -2.58. The normalized spacial score (nSPS) is 40.1. The molecule has 0 bridgehead atoms. The van der Waals surface area contributed by atoms with E-state index < -0.39 is 41.6 Å². The molecule has 1 aliphatic heterocycles. The number of carboxylic acid groups (broad SMARTS) is 1. The first-order valence-electron chi connectivity index (χ1n) is 15.8. The van der Waals surface area contributed by atoms with Gasteiger partial charge in [-0.1, -0.05) is 44.3 Å². The summed E-state index contributed by atoms with van der Waals surface area (Å²) in [6.45, 7) is 7.66. The van der Waals surface area contributed by atoms with Gasteiger partial charge in [0.2, 0.25) is 5.91 Å². The molecule has 4 N–H and O–H groups in total. The monoisotopic (exact) mass is 597 g/mol. The lowest BCUT2D eigenvalue weighted by Crippen LogP contribution is -2.54. The second kappa shape index (κ2) is 11.6. The zero-order valence-electron chi connectivity index (χ0n) is 25.8. The van der Waals surface area contributed by atoms with E-state index in [-0.39, 0.29) is 36.3 Å². The van der Waals surface area contributed by atoms with Crippen LogP contribution in [0.4, 0.5) is 0 Å². The molecule has 10 nitrogen and oxygen atoms in total. The van der Waals surface area contributed by atoms with Crippen molar-refractivity contribution in [2.75, 3.05) is 13.2 Å². The molecular weight excluding hydrogens is 550 g/mol. The Kier molecular flexibility index (Phi) is 8.47. The van der Waals surface area contributed by atoms with Crippen molar-refractivity contribution in [1.29, 1.82) is 0 Å². The van der Waals surface area contributed by atoms with Crippen LogP contribution in [-0.4, -0.2) is 80.7 Å². The molecule has 236 valence electrons. The van der Waals surface area contributed by atoms with Gasteiger partial charge in [0.25, 0.3) is 5.91 Å². The molecular formula is C33H47N3O7. The number of nitrogens with one attached hydrogen (secondary N) is 1. The van der Waals surface area contributed by atoms with Crippen molar-refractivity contribution in [3.8, 4) is 12.3 Å². The number of rotatable bonds is 7. The van der Waals surface area contributed by atoms with Crippen molar-refractivity contribution in [2.45, 2.75) is 109 Å². The zero-order valence-corrected chi connectivity index (χ0v) is 25.8. The van der Waals surface area contributed by atoms with Gasteiger partial charge >= 0.3 is 5.97 Å². The van der Waals surface area contributed by atoms with Gasteiger partial charge in [0.15, 0.2) is 6.61 Å². The van der Waals surface area contributed by atoms with Crippen molar-refractivity contribution in [1.82, 2.24) is 10.2 Å². The number of hydrogen-bond acceptors (Lipinski definition) is 7. The number of aliphatic hydroxyl groups is 2. The molecule has 43 heavy (non-hydrogen) atoms. The Morgan fingerprint density at radius 1 is 1.16 bits per heavy atom. The number of allylic oxidation sites excluding steroid dienone is 2. The fourth-order valence-electron chi connectivity index (χ4n) is 9.27. The maximum absolute atomic E-state index is 13.1. The van der Waals surface area contributed by atoms with E-state index in [1.54, 1.807) is 13.8 Å². The van der Waals surface area contributed by atoms with Crippen LogP contribution in [0.2, 0.25) is 0 Å². The highest BCUT2D eigenvalue weighted by molar-refractivity contribution is 5.96. The van der Waals surface area contributed by atoms with Gasteiger partial charge in [0.05, 0.1) is 11.8 Å². The second-order valence-electron chi connectivity index (χ2n) is 14.4. The molecule has 9 atom stereocenters. The average Bonchev–Trinajstić information content (AvgIpc) is 3.48. The smallest absolute Gasteiger partial charge is 0.326 e. The summed E-state index contributed by atoms with van der Waals surface area (Å²) in [4.78, 5) is 44.0. The number of carbonyl (C=O) groups is 3. The lowest BCUT2D eigenvalue weighted by molar-refractivity contribution is -0.150. The first kappa shape index (κ1) is 31.5. The number of aliphatic hydroxyl groups excluding tert-OH is 1. The van der Waals surface area contributed by atoms with Gasteiger partial charge in [0, 0.05) is 18.4 Å². The number of hydrogen-bond donors (Lipinski definition) is 4. The molecule has 2 amide bonds.